The molecule has 306 valence electrons. The number of phosphoric ester groups is 3. The van der Waals surface area contributed by atoms with E-state index in [1.807, 2.05) is 0 Å². The molecule has 7 atom stereocenters. The number of imidazole rings is 1. The van der Waals surface area contributed by atoms with Gasteiger partial charge in [-0.2, -0.15) is 4.31 Å². The van der Waals surface area contributed by atoms with Crippen LogP contribution >= 0.6 is 23.5 Å². The predicted molar refractivity (Wildman–Crippen MR) is 183 cm³/mol. The van der Waals surface area contributed by atoms with Gasteiger partial charge in [-0.05, 0) is 26.7 Å². The largest absolute Gasteiger partial charge is 0.481 e. The van der Waals surface area contributed by atoms with E-state index in [2.05, 4.69) is 29.9 Å². The maximum atomic E-state index is 12.7. The number of hydrogen-bond acceptors (Lipinski definition) is 17. The van der Waals surface area contributed by atoms with Crippen LogP contribution in [0.3, 0.4) is 0 Å². The van der Waals surface area contributed by atoms with Crippen LogP contribution in [0, 0.1) is 5.41 Å². The zero-order valence-electron chi connectivity index (χ0n) is 29.7. The van der Waals surface area contributed by atoms with Gasteiger partial charge in [0.1, 0.15) is 42.0 Å². The van der Waals surface area contributed by atoms with Gasteiger partial charge in [-0.15, -0.1) is 0 Å². The van der Waals surface area contributed by atoms with Crippen LogP contribution in [-0.4, -0.2) is 118 Å². The number of Topliss-reactive ketones (excluding diaryl/α,β-unsaturated/α-hetero) is 1. The maximum Gasteiger partial charge on any atom is 0.481 e. The second-order valence-corrected chi connectivity index (χ2v) is 17.4. The highest BCUT2D eigenvalue weighted by atomic mass is 31.3. The molecule has 3 heterocycles. The molecule has 24 nitrogen and oxygen atoms in total. The van der Waals surface area contributed by atoms with Crippen molar-refractivity contribution >= 4 is 58.0 Å². The molecule has 0 aromatic carbocycles. The molecular formula is C27H46N7O17P3. The molecule has 2 aromatic heterocycles. The van der Waals surface area contributed by atoms with E-state index in [0.717, 1.165) is 23.6 Å². The van der Waals surface area contributed by atoms with Crippen molar-refractivity contribution in [2.75, 3.05) is 32.0 Å². The number of anilines is 1. The molecule has 0 radical (unpaired) electrons. The molecule has 1 aliphatic heterocycles. The lowest BCUT2D eigenvalue weighted by atomic mass is 9.87. The Morgan fingerprint density at radius 3 is 2.33 bits per heavy atom. The second kappa shape index (κ2) is 18.4. The minimum absolute atomic E-state index is 0.0219. The summed E-state index contributed by atoms with van der Waals surface area (Å²) >= 11 is 0. The van der Waals surface area contributed by atoms with Crippen molar-refractivity contribution in [3.05, 3.63) is 12.7 Å². The number of aliphatic hydroxyl groups excluding tert-OH is 2. The Balaban J connectivity index is 1.54. The highest BCUT2D eigenvalue weighted by Gasteiger charge is 2.57. The number of unbranched alkanes of at least 4 members (excludes halogenated alkanes) is 2. The number of amides is 2. The Kier molecular flexibility index (Phi) is 15.6. The first kappa shape index (κ1) is 45.6. The summed E-state index contributed by atoms with van der Waals surface area (Å²) in [6.07, 6.45) is -2.80. The highest BCUT2D eigenvalue weighted by Crippen LogP contribution is 2.61. The summed E-state index contributed by atoms with van der Waals surface area (Å²) in [6.45, 7) is 3.48. The smallest absolute Gasteiger partial charge is 0.385 e. The minimum Gasteiger partial charge on any atom is -0.385 e. The van der Waals surface area contributed by atoms with E-state index >= 15 is 0 Å². The Morgan fingerprint density at radius 1 is 1.02 bits per heavy atom. The third-order valence-electron chi connectivity index (χ3n) is 8.09. The number of nitrogens with zero attached hydrogens (tertiary/aromatic N) is 4. The number of nitrogens with one attached hydrogen (secondary N) is 2. The third kappa shape index (κ3) is 12.9. The number of aliphatic hydroxyl groups is 2. The number of aromatic nitrogens is 4. The van der Waals surface area contributed by atoms with E-state index in [1.165, 1.54) is 27.7 Å². The van der Waals surface area contributed by atoms with E-state index < -0.39 is 78.1 Å². The molecule has 10 N–H and O–H groups in total. The molecule has 0 bridgehead atoms. The number of hydrogen-bond donors (Lipinski definition) is 9. The summed E-state index contributed by atoms with van der Waals surface area (Å²) in [7, 11) is -16.4. The summed E-state index contributed by atoms with van der Waals surface area (Å²) in [5.41, 5.74) is 2.33. The molecule has 3 rings (SSSR count). The first-order valence-corrected chi connectivity index (χ1v) is 20.8. The van der Waals surface area contributed by atoms with Crippen molar-refractivity contribution in [2.24, 2.45) is 5.41 Å². The topological polar surface area (TPSA) is 364 Å². The van der Waals surface area contributed by atoms with Crippen molar-refractivity contribution in [3.63, 3.8) is 0 Å². The molecule has 1 aliphatic rings. The Morgan fingerprint density at radius 2 is 1.69 bits per heavy atom. The zero-order valence-corrected chi connectivity index (χ0v) is 32.4. The van der Waals surface area contributed by atoms with E-state index in [1.54, 1.807) is 0 Å². The van der Waals surface area contributed by atoms with Crippen LogP contribution in [0.5, 0.6) is 0 Å². The van der Waals surface area contributed by atoms with Crippen LogP contribution in [0.25, 0.3) is 11.2 Å². The molecule has 54 heavy (non-hydrogen) atoms. The van der Waals surface area contributed by atoms with Crippen LogP contribution in [0.4, 0.5) is 5.82 Å². The van der Waals surface area contributed by atoms with Crippen LogP contribution < -0.4 is 16.4 Å². The molecule has 2 aromatic rings. The third-order valence-corrected chi connectivity index (χ3v) is 11.2. The predicted octanol–water partition coefficient (Wildman–Crippen LogP) is -0.272. The van der Waals surface area contributed by atoms with Crippen molar-refractivity contribution in [1.29, 1.82) is 0 Å². The average molecular weight is 834 g/mol. The number of fused-ring (bicyclic) bond motifs is 1. The van der Waals surface area contributed by atoms with Crippen molar-refractivity contribution in [3.8, 4) is 0 Å². The van der Waals surface area contributed by atoms with Crippen molar-refractivity contribution in [2.45, 2.75) is 89.9 Å². The van der Waals surface area contributed by atoms with Gasteiger partial charge in [-0.3, -0.25) is 27.7 Å². The lowest BCUT2D eigenvalue weighted by molar-refractivity contribution is -0.137. The zero-order chi connectivity index (χ0) is 40.7. The number of phosphoric acid groups is 3. The van der Waals surface area contributed by atoms with Gasteiger partial charge in [-0.1, -0.05) is 20.3 Å². The second-order valence-electron chi connectivity index (χ2n) is 13.1. The Labute approximate surface area is 308 Å². The minimum atomic E-state index is -5.58. The molecular weight excluding hydrogens is 787 g/mol. The lowest BCUT2D eigenvalue weighted by Gasteiger charge is -2.30. The quantitative estimate of drug-likeness (QED) is 0.0544. The fraction of sp³-hybridized carbons (Fsp3) is 0.704. The summed E-state index contributed by atoms with van der Waals surface area (Å²) in [6, 6.07) is 0. The fourth-order valence-corrected chi connectivity index (χ4v) is 7.98. The molecule has 2 amide bonds. The van der Waals surface area contributed by atoms with Crippen LogP contribution in [0.1, 0.15) is 59.8 Å². The number of nitrogens with two attached hydrogens (primary N) is 1. The summed E-state index contributed by atoms with van der Waals surface area (Å²) in [4.78, 5) is 86.7. The van der Waals surface area contributed by atoms with Crippen LogP contribution in [-0.2, 0) is 56.4 Å². The summed E-state index contributed by atoms with van der Waals surface area (Å²) < 4.78 is 62.6. The van der Waals surface area contributed by atoms with Crippen LogP contribution in [0.15, 0.2) is 12.7 Å². The molecule has 7 unspecified atom stereocenters. The average Bonchev–Trinajstić information content (AvgIpc) is 3.60. The van der Waals surface area contributed by atoms with Gasteiger partial charge >= 0.3 is 23.5 Å². The first-order chi connectivity index (χ1) is 24.9. The number of rotatable bonds is 22. The number of carbonyl (C=O) groups excluding carboxylic acids is 3. The van der Waals surface area contributed by atoms with Crippen molar-refractivity contribution < 1.29 is 80.5 Å². The van der Waals surface area contributed by atoms with Gasteiger partial charge in [0.2, 0.25) is 11.8 Å². The highest BCUT2D eigenvalue weighted by molar-refractivity contribution is 7.61. The maximum absolute atomic E-state index is 12.7. The fourth-order valence-electron chi connectivity index (χ4n) is 5.16. The SMILES string of the molecule is CC(=O)CCCCCNC(=O)CCNC(=O)C(O)C(C)(C)COP(=O)(O)OP(=O)(O)OCC1OC(C)(n2cnc3c(N)ncnc32)C(O)C1OP(=O)(O)O. The van der Waals surface area contributed by atoms with E-state index in [4.69, 9.17) is 24.0 Å². The van der Waals surface area contributed by atoms with Crippen molar-refractivity contribution in [1.82, 2.24) is 30.2 Å². The monoisotopic (exact) mass is 833 g/mol. The molecule has 1 saturated heterocycles. The Bertz CT molecular complexity index is 1790. The van der Waals surface area contributed by atoms with Gasteiger partial charge in [0, 0.05) is 31.3 Å². The van der Waals surface area contributed by atoms with E-state index in [0.29, 0.717) is 25.8 Å². The molecule has 27 heteroatoms. The van der Waals surface area contributed by atoms with Gasteiger partial charge in [0.05, 0.1) is 19.5 Å². The molecule has 0 saturated carbocycles. The molecule has 1 fully saturated rings. The standard InChI is InChI=1S/C27H46N7O17P3/c1-16(35)8-6-5-7-10-29-18(36)9-11-30-25(39)22(38)26(2,3)13-48-54(45,46)51-53(43,44)47-12-17-20(50-52(40,41)42)21(37)27(4,49-17)34-15-33-19-23(28)31-14-32-24(19)34/h14-15,17,20-22,37-38H,5-13H2,1-4H3,(H,29,36)(H,30,39)(H,43,44)(H,45,46)(H2,28,31,32)(H2,40,41,42). The number of carbonyl (C=O) groups is 3. The van der Waals surface area contributed by atoms with Gasteiger partial charge in [0.15, 0.2) is 17.2 Å². The van der Waals surface area contributed by atoms with E-state index in [-0.39, 0.29) is 41.6 Å². The van der Waals surface area contributed by atoms with Crippen LogP contribution in [0.2, 0.25) is 0 Å². The first-order valence-electron chi connectivity index (χ1n) is 16.3. The Hall–Kier alpha value is -2.79. The molecule has 0 aliphatic carbocycles. The van der Waals surface area contributed by atoms with E-state index in [9.17, 15) is 57.9 Å². The lowest BCUT2D eigenvalue weighted by Crippen LogP contribution is -2.46. The van der Waals surface area contributed by atoms with Gasteiger partial charge in [0.25, 0.3) is 0 Å². The number of ether oxygens (including phenoxy) is 1. The molecule has 0 spiro atoms. The normalized spacial score (nSPS) is 23.4. The van der Waals surface area contributed by atoms with Gasteiger partial charge in [-0.25, -0.2) is 28.6 Å². The van der Waals surface area contributed by atoms with Gasteiger partial charge < -0.3 is 55.7 Å². The summed E-state index contributed by atoms with van der Waals surface area (Å²) in [5.74, 6) is -1.28. The summed E-state index contributed by atoms with van der Waals surface area (Å²) in [5, 5.41) is 26.7. The number of ketones is 1. The number of nitrogen functional groups attached to an aromatic ring is 1.